The zero-order valence-electron chi connectivity index (χ0n) is 17.3. The SMILES string of the molecule is Cc1cccc(CN2CCN(Cc3cnn(-c4ccccc4Cl)c3)CC2CCO)n1. The molecule has 4 rings (SSSR count). The maximum atomic E-state index is 9.59. The van der Waals surface area contributed by atoms with Gasteiger partial charge in [-0.3, -0.25) is 14.8 Å². The molecule has 0 saturated carbocycles. The molecule has 1 atom stereocenters. The summed E-state index contributed by atoms with van der Waals surface area (Å²) in [4.78, 5) is 9.53. The number of hydrogen-bond acceptors (Lipinski definition) is 5. The van der Waals surface area contributed by atoms with Gasteiger partial charge >= 0.3 is 0 Å². The Kier molecular flexibility index (Phi) is 6.79. The minimum Gasteiger partial charge on any atom is -0.396 e. The van der Waals surface area contributed by atoms with Crippen LogP contribution in [0.1, 0.15) is 23.4 Å². The van der Waals surface area contributed by atoms with Gasteiger partial charge in [-0.15, -0.1) is 0 Å². The van der Waals surface area contributed by atoms with Gasteiger partial charge in [0.05, 0.1) is 22.6 Å². The van der Waals surface area contributed by atoms with E-state index in [1.807, 2.05) is 54.3 Å². The fraction of sp³-hybridized carbons (Fsp3) is 0.391. The molecule has 0 amide bonds. The topological polar surface area (TPSA) is 57.4 Å². The number of rotatable bonds is 7. The number of aliphatic hydroxyl groups excluding tert-OH is 1. The van der Waals surface area contributed by atoms with Crippen molar-refractivity contribution in [2.45, 2.75) is 32.5 Å². The third-order valence-corrected chi connectivity index (χ3v) is 5.92. The number of para-hydroxylation sites is 1. The molecule has 1 saturated heterocycles. The predicted molar refractivity (Wildman–Crippen MR) is 119 cm³/mol. The second-order valence-corrected chi connectivity index (χ2v) is 8.29. The lowest BCUT2D eigenvalue weighted by Gasteiger charge is -2.41. The molecule has 3 aromatic rings. The van der Waals surface area contributed by atoms with E-state index < -0.39 is 0 Å². The third kappa shape index (κ3) is 5.08. The van der Waals surface area contributed by atoms with Gasteiger partial charge in [-0.2, -0.15) is 5.10 Å². The highest BCUT2D eigenvalue weighted by Gasteiger charge is 2.27. The molecule has 0 aliphatic carbocycles. The van der Waals surface area contributed by atoms with Crippen LogP contribution in [-0.4, -0.2) is 62.0 Å². The number of aliphatic hydroxyl groups is 1. The highest BCUT2D eigenvalue weighted by Crippen LogP contribution is 2.21. The summed E-state index contributed by atoms with van der Waals surface area (Å²) in [5, 5.41) is 14.8. The number of piperazine rings is 1. The van der Waals surface area contributed by atoms with Gasteiger partial charge in [0.2, 0.25) is 0 Å². The van der Waals surface area contributed by atoms with Crippen LogP contribution >= 0.6 is 11.6 Å². The molecule has 1 aromatic carbocycles. The van der Waals surface area contributed by atoms with Crippen molar-refractivity contribution >= 4 is 11.6 Å². The molecule has 1 aliphatic rings. The Hall–Kier alpha value is -2.25. The van der Waals surface area contributed by atoms with E-state index in [2.05, 4.69) is 32.0 Å². The monoisotopic (exact) mass is 425 g/mol. The van der Waals surface area contributed by atoms with E-state index in [1.54, 1.807) is 0 Å². The van der Waals surface area contributed by atoms with Crippen molar-refractivity contribution in [2.75, 3.05) is 26.2 Å². The first-order chi connectivity index (χ1) is 14.6. The molecule has 2 aromatic heterocycles. The van der Waals surface area contributed by atoms with Crippen LogP contribution < -0.4 is 0 Å². The Morgan fingerprint density at radius 2 is 1.97 bits per heavy atom. The lowest BCUT2D eigenvalue weighted by Crippen LogP contribution is -2.52. The normalized spacial score (nSPS) is 18.0. The van der Waals surface area contributed by atoms with E-state index in [0.717, 1.165) is 61.8 Å². The number of benzene rings is 1. The summed E-state index contributed by atoms with van der Waals surface area (Å²) >= 11 is 6.30. The quantitative estimate of drug-likeness (QED) is 0.629. The number of hydrogen-bond donors (Lipinski definition) is 1. The fourth-order valence-electron chi connectivity index (χ4n) is 4.10. The predicted octanol–water partition coefficient (Wildman–Crippen LogP) is 3.30. The van der Waals surface area contributed by atoms with Crippen molar-refractivity contribution in [3.05, 3.63) is 76.8 Å². The second-order valence-electron chi connectivity index (χ2n) is 7.89. The van der Waals surface area contributed by atoms with Crippen LogP contribution in [0.4, 0.5) is 0 Å². The van der Waals surface area contributed by atoms with Crippen LogP contribution in [0.3, 0.4) is 0 Å². The Morgan fingerprint density at radius 1 is 1.10 bits per heavy atom. The van der Waals surface area contributed by atoms with Gasteiger partial charge in [-0.25, -0.2) is 4.68 Å². The van der Waals surface area contributed by atoms with Crippen molar-refractivity contribution in [3.8, 4) is 5.69 Å². The molecule has 158 valence electrons. The van der Waals surface area contributed by atoms with Gasteiger partial charge in [-0.1, -0.05) is 29.8 Å². The van der Waals surface area contributed by atoms with Crippen molar-refractivity contribution in [1.29, 1.82) is 0 Å². The van der Waals surface area contributed by atoms with Crippen LogP contribution in [0.5, 0.6) is 0 Å². The Bertz CT molecular complexity index is 975. The summed E-state index contributed by atoms with van der Waals surface area (Å²) in [6.07, 6.45) is 4.72. The number of pyridine rings is 1. The molecule has 6 nitrogen and oxygen atoms in total. The number of nitrogens with zero attached hydrogens (tertiary/aromatic N) is 5. The van der Waals surface area contributed by atoms with Crippen molar-refractivity contribution in [2.24, 2.45) is 0 Å². The second kappa shape index (κ2) is 9.71. The van der Waals surface area contributed by atoms with E-state index in [9.17, 15) is 5.11 Å². The van der Waals surface area contributed by atoms with Gasteiger partial charge in [0, 0.05) is 62.8 Å². The van der Waals surface area contributed by atoms with Crippen molar-refractivity contribution in [1.82, 2.24) is 24.6 Å². The number of aryl methyl sites for hydroxylation is 1. The summed E-state index contributed by atoms with van der Waals surface area (Å²) in [7, 11) is 0. The Balaban J connectivity index is 1.40. The summed E-state index contributed by atoms with van der Waals surface area (Å²) in [6.45, 7) is 6.73. The van der Waals surface area contributed by atoms with E-state index in [-0.39, 0.29) is 6.61 Å². The largest absolute Gasteiger partial charge is 0.396 e. The summed E-state index contributed by atoms with van der Waals surface area (Å²) in [5.41, 5.74) is 4.18. The summed E-state index contributed by atoms with van der Waals surface area (Å²) in [5.74, 6) is 0. The molecule has 7 heteroatoms. The molecule has 1 fully saturated rings. The first-order valence-electron chi connectivity index (χ1n) is 10.4. The molecule has 30 heavy (non-hydrogen) atoms. The standard InChI is InChI=1S/C23H28ClN5O/c1-18-5-4-6-20(26-18)16-28-11-10-27(17-21(28)9-12-30)14-19-13-25-29(15-19)23-8-3-2-7-22(23)24/h2-8,13,15,21,30H,9-12,14,16-17H2,1H3. The van der Waals surface area contributed by atoms with Crippen LogP contribution in [0.15, 0.2) is 54.9 Å². The number of halogens is 1. The molecule has 3 heterocycles. The summed E-state index contributed by atoms with van der Waals surface area (Å²) < 4.78 is 1.84. The van der Waals surface area contributed by atoms with Gasteiger partial charge in [-0.05, 0) is 37.6 Å². The molecule has 1 aliphatic heterocycles. The molecule has 1 N–H and O–H groups in total. The van der Waals surface area contributed by atoms with E-state index >= 15 is 0 Å². The average Bonchev–Trinajstić information content (AvgIpc) is 3.19. The Labute approximate surface area is 182 Å². The van der Waals surface area contributed by atoms with Gasteiger partial charge in [0.1, 0.15) is 0 Å². The van der Waals surface area contributed by atoms with Gasteiger partial charge in [0.25, 0.3) is 0 Å². The Morgan fingerprint density at radius 3 is 2.77 bits per heavy atom. The van der Waals surface area contributed by atoms with Gasteiger partial charge in [0.15, 0.2) is 0 Å². The molecule has 0 radical (unpaired) electrons. The average molecular weight is 426 g/mol. The number of aromatic nitrogens is 3. The molecule has 0 spiro atoms. The first kappa shape index (κ1) is 21.0. The van der Waals surface area contributed by atoms with Crippen LogP contribution in [-0.2, 0) is 13.1 Å². The van der Waals surface area contributed by atoms with Crippen LogP contribution in [0, 0.1) is 6.92 Å². The molecular weight excluding hydrogens is 398 g/mol. The lowest BCUT2D eigenvalue weighted by atomic mass is 10.1. The fourth-order valence-corrected chi connectivity index (χ4v) is 4.32. The minimum atomic E-state index is 0.195. The van der Waals surface area contributed by atoms with Gasteiger partial charge < -0.3 is 5.11 Å². The maximum Gasteiger partial charge on any atom is 0.0831 e. The van der Waals surface area contributed by atoms with Crippen LogP contribution in [0.2, 0.25) is 5.02 Å². The van der Waals surface area contributed by atoms with Crippen molar-refractivity contribution < 1.29 is 5.11 Å². The van der Waals surface area contributed by atoms with E-state index in [1.165, 1.54) is 0 Å². The highest BCUT2D eigenvalue weighted by molar-refractivity contribution is 6.32. The molecular formula is C23H28ClN5O. The molecule has 0 bridgehead atoms. The minimum absolute atomic E-state index is 0.195. The third-order valence-electron chi connectivity index (χ3n) is 5.60. The zero-order valence-corrected chi connectivity index (χ0v) is 18.0. The zero-order chi connectivity index (χ0) is 20.9. The highest BCUT2D eigenvalue weighted by atomic mass is 35.5. The smallest absolute Gasteiger partial charge is 0.0831 e. The van der Waals surface area contributed by atoms with Crippen molar-refractivity contribution in [3.63, 3.8) is 0 Å². The molecule has 1 unspecified atom stereocenters. The first-order valence-corrected chi connectivity index (χ1v) is 10.8. The summed E-state index contributed by atoms with van der Waals surface area (Å²) in [6, 6.07) is 14.2. The maximum absolute atomic E-state index is 9.59. The van der Waals surface area contributed by atoms with E-state index in [0.29, 0.717) is 11.1 Å². The lowest BCUT2D eigenvalue weighted by molar-refractivity contribution is 0.0491. The van der Waals surface area contributed by atoms with E-state index in [4.69, 9.17) is 11.6 Å². The van der Waals surface area contributed by atoms with Crippen LogP contribution in [0.25, 0.3) is 5.69 Å².